The SMILES string of the molecule is CNCCCNC(=O)CC[C@H](N)C(=O)O. The van der Waals surface area contributed by atoms with Crippen molar-refractivity contribution in [2.24, 2.45) is 5.73 Å². The Kier molecular flexibility index (Phi) is 7.57. The van der Waals surface area contributed by atoms with E-state index in [1.807, 2.05) is 7.05 Å². The molecule has 6 heteroatoms. The van der Waals surface area contributed by atoms with Crippen LogP contribution < -0.4 is 16.4 Å². The van der Waals surface area contributed by atoms with Gasteiger partial charge in [0.15, 0.2) is 0 Å². The molecule has 15 heavy (non-hydrogen) atoms. The lowest BCUT2D eigenvalue weighted by atomic mass is 10.1. The first-order chi connectivity index (χ1) is 7.07. The summed E-state index contributed by atoms with van der Waals surface area (Å²) in [6, 6.07) is -0.951. The maximum Gasteiger partial charge on any atom is 0.320 e. The second kappa shape index (κ2) is 8.19. The van der Waals surface area contributed by atoms with Gasteiger partial charge in [-0.25, -0.2) is 0 Å². The minimum atomic E-state index is -1.07. The number of aliphatic carboxylic acids is 1. The van der Waals surface area contributed by atoms with Crippen LogP contribution in [-0.4, -0.2) is 43.2 Å². The molecule has 0 aliphatic rings. The summed E-state index contributed by atoms with van der Waals surface area (Å²) in [7, 11) is 1.84. The third kappa shape index (κ3) is 7.90. The minimum absolute atomic E-state index is 0.150. The van der Waals surface area contributed by atoms with Gasteiger partial charge in [0.25, 0.3) is 0 Å². The van der Waals surface area contributed by atoms with Gasteiger partial charge < -0.3 is 21.5 Å². The Hall–Kier alpha value is -1.14. The summed E-state index contributed by atoms with van der Waals surface area (Å²) < 4.78 is 0. The van der Waals surface area contributed by atoms with Gasteiger partial charge in [0.05, 0.1) is 0 Å². The van der Waals surface area contributed by atoms with E-state index in [1.54, 1.807) is 0 Å². The normalized spacial score (nSPS) is 12.1. The standard InChI is InChI=1S/C9H19N3O3/c1-11-5-2-6-12-8(13)4-3-7(10)9(14)15/h7,11H,2-6,10H2,1H3,(H,12,13)(H,14,15)/t7-/m0/s1. The van der Waals surface area contributed by atoms with Gasteiger partial charge in [0, 0.05) is 13.0 Å². The molecule has 0 aliphatic heterocycles. The molecule has 0 aromatic heterocycles. The molecule has 0 aromatic carbocycles. The van der Waals surface area contributed by atoms with E-state index in [0.717, 1.165) is 13.0 Å². The number of nitrogens with one attached hydrogen (secondary N) is 2. The number of carboxylic acids is 1. The van der Waals surface area contributed by atoms with Gasteiger partial charge >= 0.3 is 5.97 Å². The fourth-order valence-corrected chi connectivity index (χ4v) is 0.991. The molecule has 6 nitrogen and oxygen atoms in total. The first-order valence-corrected chi connectivity index (χ1v) is 4.97. The molecule has 0 unspecified atom stereocenters. The van der Waals surface area contributed by atoms with Crippen molar-refractivity contribution in [1.82, 2.24) is 10.6 Å². The first kappa shape index (κ1) is 13.9. The molecule has 0 rings (SSSR count). The summed E-state index contributed by atoms with van der Waals surface area (Å²) in [5, 5.41) is 14.1. The van der Waals surface area contributed by atoms with Crippen LogP contribution in [0.2, 0.25) is 0 Å². The third-order valence-electron chi connectivity index (χ3n) is 1.93. The average Bonchev–Trinajstić information content (AvgIpc) is 2.20. The summed E-state index contributed by atoms with van der Waals surface area (Å²) in [5.74, 6) is -1.22. The highest BCUT2D eigenvalue weighted by Crippen LogP contribution is 1.94. The number of nitrogens with two attached hydrogens (primary N) is 1. The van der Waals surface area contributed by atoms with Crippen LogP contribution >= 0.6 is 0 Å². The average molecular weight is 217 g/mol. The van der Waals surface area contributed by atoms with Crippen LogP contribution in [-0.2, 0) is 9.59 Å². The zero-order valence-electron chi connectivity index (χ0n) is 8.95. The fourth-order valence-electron chi connectivity index (χ4n) is 0.991. The van der Waals surface area contributed by atoms with Crippen LogP contribution in [0.25, 0.3) is 0 Å². The smallest absolute Gasteiger partial charge is 0.320 e. The van der Waals surface area contributed by atoms with Crippen molar-refractivity contribution >= 4 is 11.9 Å². The molecule has 5 N–H and O–H groups in total. The van der Waals surface area contributed by atoms with Crippen LogP contribution in [0, 0.1) is 0 Å². The Morgan fingerprint density at radius 3 is 2.60 bits per heavy atom. The number of hydrogen-bond acceptors (Lipinski definition) is 4. The number of hydrogen-bond donors (Lipinski definition) is 4. The van der Waals surface area contributed by atoms with Crippen LogP contribution in [0.1, 0.15) is 19.3 Å². The third-order valence-corrected chi connectivity index (χ3v) is 1.93. The molecule has 88 valence electrons. The molecule has 0 radical (unpaired) electrons. The number of rotatable bonds is 8. The lowest BCUT2D eigenvalue weighted by Crippen LogP contribution is -2.33. The topological polar surface area (TPSA) is 104 Å². The summed E-state index contributed by atoms with van der Waals surface area (Å²) >= 11 is 0. The van der Waals surface area contributed by atoms with Crippen molar-refractivity contribution in [2.75, 3.05) is 20.1 Å². The second-order valence-electron chi connectivity index (χ2n) is 3.29. The molecular formula is C9H19N3O3. The van der Waals surface area contributed by atoms with Gasteiger partial charge in [0.2, 0.25) is 5.91 Å². The number of amides is 1. The van der Waals surface area contributed by atoms with E-state index < -0.39 is 12.0 Å². The van der Waals surface area contributed by atoms with E-state index in [0.29, 0.717) is 6.54 Å². The predicted molar refractivity (Wildman–Crippen MR) is 56.4 cm³/mol. The van der Waals surface area contributed by atoms with Crippen molar-refractivity contribution in [3.05, 3.63) is 0 Å². The van der Waals surface area contributed by atoms with E-state index >= 15 is 0 Å². The molecule has 0 heterocycles. The minimum Gasteiger partial charge on any atom is -0.480 e. The highest BCUT2D eigenvalue weighted by molar-refractivity contribution is 5.78. The van der Waals surface area contributed by atoms with E-state index in [-0.39, 0.29) is 18.7 Å². The molecule has 0 saturated carbocycles. The Labute approximate surface area is 89.2 Å². The molecule has 1 amide bonds. The predicted octanol–water partition coefficient (Wildman–Crippen LogP) is -1.10. The largest absolute Gasteiger partial charge is 0.480 e. The lowest BCUT2D eigenvalue weighted by Gasteiger charge is -2.07. The van der Waals surface area contributed by atoms with Crippen molar-refractivity contribution in [3.8, 4) is 0 Å². The summed E-state index contributed by atoms with van der Waals surface area (Å²) in [6.07, 6.45) is 1.19. The molecule has 1 atom stereocenters. The second-order valence-corrected chi connectivity index (χ2v) is 3.29. The van der Waals surface area contributed by atoms with Crippen LogP contribution in [0.5, 0.6) is 0 Å². The maximum atomic E-state index is 11.2. The number of carboxylic acid groups (broad SMARTS) is 1. The fraction of sp³-hybridized carbons (Fsp3) is 0.778. The quantitative estimate of drug-likeness (QED) is 0.386. The molecule has 0 spiro atoms. The van der Waals surface area contributed by atoms with Crippen LogP contribution in [0.3, 0.4) is 0 Å². The highest BCUT2D eigenvalue weighted by Gasteiger charge is 2.12. The molecule has 0 aliphatic carbocycles. The Balaban J connectivity index is 3.45. The number of carbonyl (C=O) groups is 2. The summed E-state index contributed by atoms with van der Waals surface area (Å²) in [5.41, 5.74) is 5.25. The van der Waals surface area contributed by atoms with Crippen molar-refractivity contribution in [3.63, 3.8) is 0 Å². The monoisotopic (exact) mass is 217 g/mol. The van der Waals surface area contributed by atoms with Gasteiger partial charge in [-0.3, -0.25) is 9.59 Å². The zero-order chi connectivity index (χ0) is 11.7. The Bertz CT molecular complexity index is 209. The summed E-state index contributed by atoms with van der Waals surface area (Å²) in [6.45, 7) is 1.44. The summed E-state index contributed by atoms with van der Waals surface area (Å²) in [4.78, 5) is 21.5. The highest BCUT2D eigenvalue weighted by atomic mass is 16.4. The van der Waals surface area contributed by atoms with Crippen molar-refractivity contribution in [2.45, 2.75) is 25.3 Å². The number of carbonyl (C=O) groups excluding carboxylic acids is 1. The Morgan fingerprint density at radius 2 is 2.07 bits per heavy atom. The van der Waals surface area contributed by atoms with Gasteiger partial charge in [-0.2, -0.15) is 0 Å². The van der Waals surface area contributed by atoms with Crippen LogP contribution in [0.15, 0.2) is 0 Å². The molecule has 0 saturated heterocycles. The molecule has 0 bridgehead atoms. The molecule has 0 fully saturated rings. The van der Waals surface area contributed by atoms with Gasteiger partial charge in [0.1, 0.15) is 6.04 Å². The van der Waals surface area contributed by atoms with Gasteiger partial charge in [-0.1, -0.05) is 0 Å². The van der Waals surface area contributed by atoms with Crippen molar-refractivity contribution in [1.29, 1.82) is 0 Å². The van der Waals surface area contributed by atoms with Crippen LogP contribution in [0.4, 0.5) is 0 Å². The molecule has 0 aromatic rings. The van der Waals surface area contributed by atoms with E-state index in [4.69, 9.17) is 10.8 Å². The lowest BCUT2D eigenvalue weighted by molar-refractivity contribution is -0.138. The van der Waals surface area contributed by atoms with Gasteiger partial charge in [-0.05, 0) is 26.4 Å². The van der Waals surface area contributed by atoms with E-state index in [9.17, 15) is 9.59 Å². The van der Waals surface area contributed by atoms with E-state index in [2.05, 4.69) is 10.6 Å². The maximum absolute atomic E-state index is 11.2. The Morgan fingerprint density at radius 1 is 1.40 bits per heavy atom. The van der Waals surface area contributed by atoms with Gasteiger partial charge in [-0.15, -0.1) is 0 Å². The molecular weight excluding hydrogens is 198 g/mol. The van der Waals surface area contributed by atoms with E-state index in [1.165, 1.54) is 0 Å². The zero-order valence-corrected chi connectivity index (χ0v) is 8.95. The first-order valence-electron chi connectivity index (χ1n) is 4.97. The van der Waals surface area contributed by atoms with Crippen molar-refractivity contribution < 1.29 is 14.7 Å².